The Kier molecular flexibility index (Phi) is 5.35. The number of aromatic nitrogens is 4. The van der Waals surface area contributed by atoms with Crippen molar-refractivity contribution in [2.24, 2.45) is 0 Å². The summed E-state index contributed by atoms with van der Waals surface area (Å²) in [7, 11) is -3.63. The summed E-state index contributed by atoms with van der Waals surface area (Å²) < 4.78 is 36.6. The van der Waals surface area contributed by atoms with Gasteiger partial charge in [0.1, 0.15) is 18.1 Å². The Morgan fingerprint density at radius 3 is 2.96 bits per heavy atom. The van der Waals surface area contributed by atoms with Gasteiger partial charge in [-0.2, -0.15) is 0 Å². The molecule has 2 aromatic rings. The van der Waals surface area contributed by atoms with Crippen LogP contribution in [0.4, 0.5) is 5.82 Å². The number of nitrogen functional groups attached to an aromatic ring is 1. The van der Waals surface area contributed by atoms with E-state index < -0.39 is 20.2 Å². The van der Waals surface area contributed by atoms with Crippen molar-refractivity contribution in [1.82, 2.24) is 19.5 Å². The van der Waals surface area contributed by atoms with E-state index in [-0.39, 0.29) is 19.3 Å². The van der Waals surface area contributed by atoms with Gasteiger partial charge in [0.15, 0.2) is 11.5 Å². The van der Waals surface area contributed by atoms with Gasteiger partial charge in [-0.3, -0.25) is 18.1 Å². The van der Waals surface area contributed by atoms with Gasteiger partial charge in [-0.15, -0.1) is 0 Å². The minimum Gasteiger partial charge on any atom is -0.382 e. The van der Waals surface area contributed by atoms with Crippen LogP contribution in [0.5, 0.6) is 0 Å². The molecule has 3 rings (SSSR count). The third-order valence-corrected chi connectivity index (χ3v) is 5.28. The van der Waals surface area contributed by atoms with Crippen LogP contribution in [0, 0.1) is 0 Å². The molecule has 0 saturated carbocycles. The molecule has 3 atom stereocenters. The largest absolute Gasteiger partial charge is 0.475 e. The first-order valence-electron chi connectivity index (χ1n) is 8.04. The lowest BCUT2D eigenvalue weighted by Crippen LogP contribution is -2.20. The number of imidazole rings is 1. The van der Waals surface area contributed by atoms with Gasteiger partial charge in [0.25, 0.3) is 0 Å². The molecule has 0 spiro atoms. The van der Waals surface area contributed by atoms with E-state index in [1.807, 2.05) is 0 Å². The Morgan fingerprint density at radius 2 is 2.20 bits per heavy atom. The fourth-order valence-corrected chi connectivity index (χ4v) is 4.01. The fourth-order valence-electron chi connectivity index (χ4n) is 2.49. The van der Waals surface area contributed by atoms with Crippen LogP contribution in [0.25, 0.3) is 11.2 Å². The van der Waals surface area contributed by atoms with Gasteiger partial charge in [0, 0.05) is 6.42 Å². The predicted octanol–water partition coefficient (Wildman–Crippen LogP) is 2.28. The first-order chi connectivity index (χ1) is 11.9. The highest BCUT2D eigenvalue weighted by Gasteiger charge is 2.33. The van der Waals surface area contributed by atoms with Crippen LogP contribution in [0.1, 0.15) is 33.4 Å². The molecule has 2 aromatic heterocycles. The third kappa shape index (κ3) is 4.16. The van der Waals surface area contributed by atoms with Crippen LogP contribution in [0.3, 0.4) is 0 Å². The van der Waals surface area contributed by atoms with Crippen molar-refractivity contribution in [1.29, 1.82) is 0 Å². The lowest BCUT2D eigenvalue weighted by molar-refractivity contribution is -0.0334. The quantitative estimate of drug-likeness (QED) is 0.809. The Morgan fingerprint density at radius 1 is 1.40 bits per heavy atom. The SMILES string of the molecule is CC(C)OP1(=O)OCCC(n2cnc3c(N)ncnc32)OCC(C)O1. The molecule has 1 aliphatic rings. The van der Waals surface area contributed by atoms with E-state index in [1.54, 1.807) is 31.7 Å². The second kappa shape index (κ2) is 7.35. The molecule has 3 heterocycles. The summed E-state index contributed by atoms with van der Waals surface area (Å²) in [5, 5.41) is 0. The maximum absolute atomic E-state index is 12.7. The number of ether oxygens (including phenoxy) is 1. The van der Waals surface area contributed by atoms with Gasteiger partial charge >= 0.3 is 7.82 Å². The zero-order valence-corrected chi connectivity index (χ0v) is 15.3. The topological polar surface area (TPSA) is 124 Å². The lowest BCUT2D eigenvalue weighted by Gasteiger charge is -2.21. The van der Waals surface area contributed by atoms with Crippen LogP contribution < -0.4 is 5.73 Å². The molecule has 1 fully saturated rings. The van der Waals surface area contributed by atoms with Crippen LogP contribution >= 0.6 is 7.82 Å². The predicted molar refractivity (Wildman–Crippen MR) is 89.7 cm³/mol. The lowest BCUT2D eigenvalue weighted by atomic mass is 10.3. The van der Waals surface area contributed by atoms with E-state index in [4.69, 9.17) is 24.0 Å². The number of anilines is 1. The second-order valence-electron chi connectivity index (χ2n) is 6.01. The molecule has 2 N–H and O–H groups in total. The van der Waals surface area contributed by atoms with Crippen molar-refractivity contribution in [3.05, 3.63) is 12.7 Å². The maximum Gasteiger partial charge on any atom is 0.475 e. The second-order valence-corrected chi connectivity index (χ2v) is 7.58. The summed E-state index contributed by atoms with van der Waals surface area (Å²) in [6.45, 7) is 5.62. The molecule has 0 aromatic carbocycles. The Bertz CT molecular complexity index is 782. The van der Waals surface area contributed by atoms with Crippen LogP contribution in [0.15, 0.2) is 12.7 Å². The standard InChI is InChI=1S/C14H22N5O5P/c1-9(2)23-25(20)22-5-4-11(21-6-10(3)24-25)19-8-18-12-13(15)16-7-17-14(12)19/h7-11H,4-6H2,1-3H3,(H2,15,16,17). The van der Waals surface area contributed by atoms with Gasteiger partial charge in [-0.25, -0.2) is 19.5 Å². The van der Waals surface area contributed by atoms with Crippen molar-refractivity contribution in [2.45, 2.75) is 45.6 Å². The zero-order valence-electron chi connectivity index (χ0n) is 14.4. The number of nitrogens with two attached hydrogens (primary N) is 1. The number of phosphoric ester groups is 1. The van der Waals surface area contributed by atoms with Gasteiger partial charge in [-0.1, -0.05) is 0 Å². The van der Waals surface area contributed by atoms with E-state index in [1.165, 1.54) is 6.33 Å². The monoisotopic (exact) mass is 371 g/mol. The molecular formula is C14H22N5O5P. The smallest absolute Gasteiger partial charge is 0.382 e. The zero-order chi connectivity index (χ0) is 18.0. The molecule has 1 aliphatic heterocycles. The summed E-state index contributed by atoms with van der Waals surface area (Å²) in [6, 6.07) is 0. The average molecular weight is 371 g/mol. The summed E-state index contributed by atoms with van der Waals surface area (Å²) >= 11 is 0. The maximum atomic E-state index is 12.7. The highest BCUT2D eigenvalue weighted by molar-refractivity contribution is 7.48. The van der Waals surface area contributed by atoms with Gasteiger partial charge in [0.05, 0.1) is 31.7 Å². The molecule has 25 heavy (non-hydrogen) atoms. The van der Waals surface area contributed by atoms with Gasteiger partial charge in [-0.05, 0) is 20.8 Å². The molecule has 0 aliphatic carbocycles. The van der Waals surface area contributed by atoms with Crippen LogP contribution in [-0.4, -0.2) is 44.9 Å². The van der Waals surface area contributed by atoms with E-state index in [2.05, 4.69) is 15.0 Å². The Labute approximate surface area is 145 Å². The summed E-state index contributed by atoms with van der Waals surface area (Å²) in [4.78, 5) is 12.4. The summed E-state index contributed by atoms with van der Waals surface area (Å²) in [5.41, 5.74) is 6.88. The van der Waals surface area contributed by atoms with Gasteiger partial charge in [0.2, 0.25) is 0 Å². The normalized spacial score (nSPS) is 28.6. The van der Waals surface area contributed by atoms with E-state index in [0.717, 1.165) is 0 Å². The molecule has 138 valence electrons. The molecular weight excluding hydrogens is 349 g/mol. The minimum atomic E-state index is -3.63. The number of fused-ring (bicyclic) bond motifs is 1. The number of hydrogen-bond donors (Lipinski definition) is 1. The fraction of sp³-hybridized carbons (Fsp3) is 0.643. The molecule has 0 radical (unpaired) electrons. The highest BCUT2D eigenvalue weighted by Crippen LogP contribution is 2.52. The van der Waals surface area contributed by atoms with E-state index in [0.29, 0.717) is 23.4 Å². The van der Waals surface area contributed by atoms with Crippen molar-refractivity contribution < 1.29 is 22.9 Å². The van der Waals surface area contributed by atoms with Crippen LogP contribution in [0.2, 0.25) is 0 Å². The molecule has 11 heteroatoms. The van der Waals surface area contributed by atoms with Crippen molar-refractivity contribution in [3.8, 4) is 0 Å². The highest BCUT2D eigenvalue weighted by atomic mass is 31.2. The average Bonchev–Trinajstić information content (AvgIpc) is 2.96. The summed E-state index contributed by atoms with van der Waals surface area (Å²) in [6.07, 6.45) is 2.20. The first kappa shape index (κ1) is 18.2. The van der Waals surface area contributed by atoms with E-state index in [9.17, 15) is 4.57 Å². The number of nitrogens with zero attached hydrogens (tertiary/aromatic N) is 4. The minimum absolute atomic E-state index is 0.127. The number of phosphoric acid groups is 1. The molecule has 1 saturated heterocycles. The first-order valence-corrected chi connectivity index (χ1v) is 9.50. The van der Waals surface area contributed by atoms with Crippen LogP contribution in [-0.2, 0) is 22.9 Å². The molecule has 0 bridgehead atoms. The number of rotatable bonds is 3. The van der Waals surface area contributed by atoms with E-state index >= 15 is 0 Å². The molecule has 0 amide bonds. The third-order valence-electron chi connectivity index (χ3n) is 3.48. The molecule has 10 nitrogen and oxygen atoms in total. The Balaban J connectivity index is 1.82. The molecule has 3 unspecified atom stereocenters. The van der Waals surface area contributed by atoms with Gasteiger partial charge < -0.3 is 10.5 Å². The van der Waals surface area contributed by atoms with Crippen molar-refractivity contribution in [2.75, 3.05) is 18.9 Å². The van der Waals surface area contributed by atoms with Crippen molar-refractivity contribution in [3.63, 3.8) is 0 Å². The summed E-state index contributed by atoms with van der Waals surface area (Å²) in [5.74, 6) is 0.301. The number of hydrogen-bond acceptors (Lipinski definition) is 9. The Hall–Kier alpha value is -1.58. The van der Waals surface area contributed by atoms with Crippen molar-refractivity contribution >= 4 is 24.8 Å².